The minimum atomic E-state index is -0.540. The van der Waals surface area contributed by atoms with E-state index in [4.69, 9.17) is 4.74 Å². The zero-order valence-corrected chi connectivity index (χ0v) is 14.6. The number of Topliss-reactive ketones (excluding diaryl/α,β-unsaturated/α-hetero) is 1. The van der Waals surface area contributed by atoms with Crippen molar-refractivity contribution >= 4 is 23.6 Å². The summed E-state index contributed by atoms with van der Waals surface area (Å²) in [6.07, 6.45) is 0.564. The number of ether oxygens (including phenoxy) is 1. The van der Waals surface area contributed by atoms with E-state index in [-0.39, 0.29) is 30.6 Å². The maximum atomic E-state index is 12.1. The second kappa shape index (κ2) is 7.02. The molecule has 0 aromatic carbocycles. The first-order chi connectivity index (χ1) is 11.2. The zero-order valence-electron chi connectivity index (χ0n) is 14.6. The van der Waals surface area contributed by atoms with Crippen molar-refractivity contribution in [2.75, 3.05) is 11.9 Å². The molecule has 2 rings (SSSR count). The number of hydrogen-bond acceptors (Lipinski definition) is 5. The van der Waals surface area contributed by atoms with Gasteiger partial charge in [0.15, 0.2) is 5.82 Å². The molecule has 1 aromatic rings. The molecule has 0 saturated carbocycles. The van der Waals surface area contributed by atoms with Gasteiger partial charge in [0.1, 0.15) is 11.4 Å². The Morgan fingerprint density at radius 2 is 2.00 bits per heavy atom. The molecule has 0 aliphatic carbocycles. The molecule has 0 bridgehead atoms. The number of ketones is 1. The van der Waals surface area contributed by atoms with E-state index < -0.39 is 5.60 Å². The summed E-state index contributed by atoms with van der Waals surface area (Å²) in [6, 6.07) is 0. The van der Waals surface area contributed by atoms with E-state index in [9.17, 15) is 14.4 Å². The van der Waals surface area contributed by atoms with Gasteiger partial charge in [-0.2, -0.15) is 5.10 Å². The van der Waals surface area contributed by atoms with Gasteiger partial charge in [0.2, 0.25) is 5.91 Å². The normalized spacial score (nSPS) is 14.1. The van der Waals surface area contributed by atoms with E-state index >= 15 is 0 Å². The van der Waals surface area contributed by atoms with Gasteiger partial charge in [0.25, 0.3) is 0 Å². The molecule has 2 N–H and O–H groups in total. The Kier molecular flexibility index (Phi) is 5.26. The third-order valence-corrected chi connectivity index (χ3v) is 3.55. The highest BCUT2D eigenvalue weighted by Gasteiger charge is 2.28. The lowest BCUT2D eigenvalue weighted by atomic mass is 10.1. The quantitative estimate of drug-likeness (QED) is 0.875. The van der Waals surface area contributed by atoms with Crippen molar-refractivity contribution in [1.82, 2.24) is 15.1 Å². The number of nitrogens with one attached hydrogen (secondary N) is 2. The van der Waals surface area contributed by atoms with Crippen molar-refractivity contribution in [3.63, 3.8) is 0 Å². The maximum absolute atomic E-state index is 12.1. The topological polar surface area (TPSA) is 104 Å². The van der Waals surface area contributed by atoms with Crippen LogP contribution in [-0.4, -0.2) is 45.0 Å². The van der Waals surface area contributed by atoms with Crippen LogP contribution in [-0.2, 0) is 27.3 Å². The molecule has 0 saturated heterocycles. The highest BCUT2D eigenvalue weighted by atomic mass is 16.6. The van der Waals surface area contributed by atoms with Crippen LogP contribution in [0.3, 0.4) is 0 Å². The molecule has 1 aliphatic rings. The van der Waals surface area contributed by atoms with Crippen LogP contribution >= 0.6 is 0 Å². The van der Waals surface area contributed by atoms with Crippen LogP contribution in [0.2, 0.25) is 0 Å². The van der Waals surface area contributed by atoms with Crippen LogP contribution in [0, 0.1) is 0 Å². The molecule has 0 unspecified atom stereocenters. The highest BCUT2D eigenvalue weighted by molar-refractivity contribution is 5.93. The zero-order chi connectivity index (χ0) is 17.9. The molecule has 132 valence electrons. The third-order valence-electron chi connectivity index (χ3n) is 3.55. The summed E-state index contributed by atoms with van der Waals surface area (Å²) in [4.78, 5) is 36.5. The molecule has 0 radical (unpaired) electrons. The molecule has 2 amide bonds. The number of carbonyl (C=O) groups is 3. The van der Waals surface area contributed by atoms with Gasteiger partial charge >= 0.3 is 6.09 Å². The SMILES string of the molecule is CC(=O)CCC(=O)Nc1n[nH]c2c1CCN(C(=O)OC(C)(C)C)C2. The van der Waals surface area contributed by atoms with Crippen molar-refractivity contribution in [2.24, 2.45) is 0 Å². The predicted octanol–water partition coefficient (Wildman–Crippen LogP) is 2.01. The molecule has 2 heterocycles. The molecule has 0 atom stereocenters. The van der Waals surface area contributed by atoms with Gasteiger partial charge in [-0.3, -0.25) is 9.89 Å². The molecule has 24 heavy (non-hydrogen) atoms. The standard InChI is InChI=1S/C16H24N4O4/c1-10(21)5-6-13(22)17-14-11-7-8-20(9-12(11)18-19-14)15(23)24-16(2,3)4/h5-9H2,1-4H3,(H2,17,18,19,22). The van der Waals surface area contributed by atoms with E-state index in [0.29, 0.717) is 25.3 Å². The maximum Gasteiger partial charge on any atom is 0.410 e. The summed E-state index contributed by atoms with van der Waals surface area (Å²) < 4.78 is 5.37. The van der Waals surface area contributed by atoms with Gasteiger partial charge < -0.3 is 19.7 Å². The van der Waals surface area contributed by atoms with E-state index in [1.54, 1.807) is 4.90 Å². The predicted molar refractivity (Wildman–Crippen MR) is 87.5 cm³/mol. The van der Waals surface area contributed by atoms with Gasteiger partial charge in [-0.1, -0.05) is 0 Å². The Morgan fingerprint density at radius 3 is 2.62 bits per heavy atom. The molecular weight excluding hydrogens is 312 g/mol. The molecule has 1 aliphatic heterocycles. The fourth-order valence-corrected chi connectivity index (χ4v) is 2.39. The number of hydrogen-bond donors (Lipinski definition) is 2. The lowest BCUT2D eigenvalue weighted by Crippen LogP contribution is -2.39. The number of amides is 2. The number of H-pyrrole nitrogens is 1. The Bertz CT molecular complexity index is 645. The monoisotopic (exact) mass is 336 g/mol. The van der Waals surface area contributed by atoms with Crippen molar-refractivity contribution in [2.45, 2.75) is 59.1 Å². The Hall–Kier alpha value is -2.38. The van der Waals surface area contributed by atoms with Crippen LogP contribution in [0.25, 0.3) is 0 Å². The number of rotatable bonds is 4. The molecular formula is C16H24N4O4. The van der Waals surface area contributed by atoms with Crippen LogP contribution in [0.5, 0.6) is 0 Å². The number of aromatic nitrogens is 2. The van der Waals surface area contributed by atoms with E-state index in [2.05, 4.69) is 15.5 Å². The number of fused-ring (bicyclic) bond motifs is 1. The first-order valence-corrected chi connectivity index (χ1v) is 7.99. The largest absolute Gasteiger partial charge is 0.444 e. The summed E-state index contributed by atoms with van der Waals surface area (Å²) in [7, 11) is 0. The third kappa shape index (κ3) is 4.81. The highest BCUT2D eigenvalue weighted by Crippen LogP contribution is 2.25. The van der Waals surface area contributed by atoms with Crippen LogP contribution < -0.4 is 5.32 Å². The summed E-state index contributed by atoms with van der Waals surface area (Å²) in [6.45, 7) is 7.79. The second-order valence-corrected chi connectivity index (χ2v) is 6.93. The Balaban J connectivity index is 1.97. The minimum absolute atomic E-state index is 0.0257. The molecule has 0 fully saturated rings. The summed E-state index contributed by atoms with van der Waals surface area (Å²) in [5.74, 6) is 0.207. The van der Waals surface area contributed by atoms with Crippen LogP contribution in [0.1, 0.15) is 51.8 Å². The lowest BCUT2D eigenvalue weighted by Gasteiger charge is -2.29. The first-order valence-electron chi connectivity index (χ1n) is 7.99. The van der Waals surface area contributed by atoms with Crippen molar-refractivity contribution in [1.29, 1.82) is 0 Å². The van der Waals surface area contributed by atoms with Crippen molar-refractivity contribution < 1.29 is 19.1 Å². The summed E-state index contributed by atoms with van der Waals surface area (Å²) in [5.41, 5.74) is 1.14. The molecule has 1 aromatic heterocycles. The smallest absolute Gasteiger partial charge is 0.410 e. The van der Waals surface area contributed by atoms with Crippen LogP contribution in [0.4, 0.5) is 10.6 Å². The Morgan fingerprint density at radius 1 is 1.29 bits per heavy atom. The van der Waals surface area contributed by atoms with Gasteiger partial charge in [0, 0.05) is 24.9 Å². The van der Waals surface area contributed by atoms with Gasteiger partial charge in [0.05, 0.1) is 12.2 Å². The van der Waals surface area contributed by atoms with E-state index in [0.717, 1.165) is 11.3 Å². The average molecular weight is 336 g/mol. The second-order valence-electron chi connectivity index (χ2n) is 6.93. The van der Waals surface area contributed by atoms with Gasteiger partial charge in [-0.05, 0) is 34.1 Å². The lowest BCUT2D eigenvalue weighted by molar-refractivity contribution is -0.121. The number of anilines is 1. The average Bonchev–Trinajstić information content (AvgIpc) is 2.85. The molecule has 8 nitrogen and oxygen atoms in total. The Labute approximate surface area is 140 Å². The van der Waals surface area contributed by atoms with Crippen LogP contribution in [0.15, 0.2) is 0 Å². The number of nitrogens with zero attached hydrogens (tertiary/aromatic N) is 2. The minimum Gasteiger partial charge on any atom is -0.444 e. The van der Waals surface area contributed by atoms with E-state index in [1.807, 2.05) is 20.8 Å². The summed E-state index contributed by atoms with van der Waals surface area (Å²) >= 11 is 0. The van der Waals surface area contributed by atoms with Gasteiger partial charge in [-0.15, -0.1) is 0 Å². The van der Waals surface area contributed by atoms with E-state index in [1.165, 1.54) is 6.92 Å². The number of carbonyl (C=O) groups excluding carboxylic acids is 3. The fourth-order valence-electron chi connectivity index (χ4n) is 2.39. The van der Waals surface area contributed by atoms with Gasteiger partial charge in [-0.25, -0.2) is 4.79 Å². The number of aromatic amines is 1. The summed E-state index contributed by atoms with van der Waals surface area (Å²) in [5, 5.41) is 9.70. The fraction of sp³-hybridized carbons (Fsp3) is 0.625. The van der Waals surface area contributed by atoms with Crippen molar-refractivity contribution in [3.8, 4) is 0 Å². The first kappa shape index (κ1) is 18.0. The van der Waals surface area contributed by atoms with Crippen molar-refractivity contribution in [3.05, 3.63) is 11.3 Å². The molecule has 8 heteroatoms. The molecule has 0 spiro atoms.